The number of rotatable bonds is 7. The quantitative estimate of drug-likeness (QED) is 0.566. The Balaban J connectivity index is 1.65. The smallest absolute Gasteiger partial charge is 0.238 e. The van der Waals surface area contributed by atoms with Crippen molar-refractivity contribution in [3.63, 3.8) is 0 Å². The van der Waals surface area contributed by atoms with Gasteiger partial charge in [0.1, 0.15) is 11.6 Å². The maximum Gasteiger partial charge on any atom is 0.238 e. The third-order valence-electron chi connectivity index (χ3n) is 5.69. The van der Waals surface area contributed by atoms with Crippen LogP contribution in [-0.2, 0) is 14.8 Å². The summed E-state index contributed by atoms with van der Waals surface area (Å²) >= 11 is 0. The molecule has 0 amide bonds. The summed E-state index contributed by atoms with van der Waals surface area (Å²) in [6.45, 7) is 6.16. The van der Waals surface area contributed by atoms with E-state index in [1.54, 1.807) is 24.5 Å². The first-order valence-electron chi connectivity index (χ1n) is 10.3. The number of nitrogens with zero attached hydrogens (tertiary/aromatic N) is 5. The predicted molar refractivity (Wildman–Crippen MR) is 114 cm³/mol. The molecule has 12 heteroatoms. The fourth-order valence-corrected chi connectivity index (χ4v) is 4.87. The number of furan rings is 1. The fraction of sp³-hybridized carbons (Fsp3) is 0.500. The predicted octanol–water partition coefficient (Wildman–Crippen LogP) is 3.06. The van der Waals surface area contributed by atoms with Crippen LogP contribution in [0, 0.1) is 12.7 Å². The molecule has 1 aliphatic heterocycles. The minimum Gasteiger partial charge on any atom is -0.458 e. The third-order valence-corrected chi connectivity index (χ3v) is 7.54. The van der Waals surface area contributed by atoms with E-state index >= 15 is 0 Å². The van der Waals surface area contributed by atoms with Gasteiger partial charge in [-0.1, -0.05) is 6.92 Å². The topological polar surface area (TPSA) is 125 Å². The van der Waals surface area contributed by atoms with Crippen LogP contribution in [0.5, 0.6) is 0 Å². The molecule has 0 aromatic carbocycles. The second-order valence-electron chi connectivity index (χ2n) is 7.87. The lowest BCUT2D eigenvalue weighted by atomic mass is 10.1. The van der Waals surface area contributed by atoms with Gasteiger partial charge >= 0.3 is 0 Å². The summed E-state index contributed by atoms with van der Waals surface area (Å²) in [6, 6.07) is 3.54. The lowest BCUT2D eigenvalue weighted by Crippen LogP contribution is -2.32. The van der Waals surface area contributed by atoms with Crippen LogP contribution in [0.4, 0.5) is 10.3 Å². The summed E-state index contributed by atoms with van der Waals surface area (Å²) in [6.07, 6.45) is 3.42. The van der Waals surface area contributed by atoms with Crippen LogP contribution in [0.1, 0.15) is 50.2 Å². The molecule has 32 heavy (non-hydrogen) atoms. The highest BCUT2D eigenvalue weighted by Gasteiger charge is 2.33. The van der Waals surface area contributed by atoms with Gasteiger partial charge in [-0.2, -0.15) is 0 Å². The molecule has 1 fully saturated rings. The van der Waals surface area contributed by atoms with Crippen molar-refractivity contribution in [3.8, 4) is 11.6 Å². The van der Waals surface area contributed by atoms with E-state index in [0.717, 1.165) is 12.4 Å². The molecule has 0 saturated carbocycles. The number of ether oxygens (including phenoxy) is 1. The first-order chi connectivity index (χ1) is 15.3. The molecule has 2 unspecified atom stereocenters. The molecule has 1 saturated heterocycles. The van der Waals surface area contributed by atoms with Crippen molar-refractivity contribution in [1.29, 1.82) is 0 Å². The molecule has 0 radical (unpaired) electrons. The van der Waals surface area contributed by atoms with E-state index in [1.807, 2.05) is 13.0 Å². The monoisotopic (exact) mass is 464 g/mol. The Kier molecular flexibility index (Phi) is 6.24. The molecule has 4 heterocycles. The largest absolute Gasteiger partial charge is 0.458 e. The van der Waals surface area contributed by atoms with Crippen LogP contribution in [0.3, 0.4) is 0 Å². The first kappa shape index (κ1) is 22.3. The van der Waals surface area contributed by atoms with E-state index in [1.165, 1.54) is 0 Å². The first-order valence-corrected chi connectivity index (χ1v) is 11.9. The van der Waals surface area contributed by atoms with Gasteiger partial charge < -0.3 is 9.15 Å². The van der Waals surface area contributed by atoms with E-state index in [0.29, 0.717) is 43.4 Å². The molecule has 1 N–H and O–H groups in total. The molecule has 3 aromatic rings. The van der Waals surface area contributed by atoms with Gasteiger partial charge in [-0.25, -0.2) is 22.8 Å². The van der Waals surface area contributed by atoms with Crippen LogP contribution in [-0.4, -0.2) is 51.6 Å². The Hall–Kier alpha value is -2.86. The van der Waals surface area contributed by atoms with Gasteiger partial charge in [-0.3, -0.25) is 9.29 Å². The van der Waals surface area contributed by atoms with Crippen LogP contribution in [0.25, 0.3) is 11.6 Å². The molecule has 0 aliphatic carbocycles. The molecule has 4 rings (SSSR count). The van der Waals surface area contributed by atoms with Crippen molar-refractivity contribution < 1.29 is 22.0 Å². The minimum absolute atomic E-state index is 0.0509. The molecule has 3 aromatic heterocycles. The van der Waals surface area contributed by atoms with Gasteiger partial charge in [0, 0.05) is 25.2 Å². The average molecular weight is 465 g/mol. The molecular formula is C20H25FN6O4S. The molecule has 0 bridgehead atoms. The third kappa shape index (κ3) is 4.51. The summed E-state index contributed by atoms with van der Waals surface area (Å²) in [5.41, 5.74) is 0. The van der Waals surface area contributed by atoms with Crippen molar-refractivity contribution in [2.24, 2.45) is 0 Å². The molecule has 10 nitrogen and oxygen atoms in total. The Morgan fingerprint density at radius 3 is 2.47 bits per heavy atom. The zero-order valence-corrected chi connectivity index (χ0v) is 18.8. The van der Waals surface area contributed by atoms with Gasteiger partial charge in [0.2, 0.25) is 21.8 Å². The summed E-state index contributed by atoms with van der Waals surface area (Å²) in [5, 5.41) is 7.43. The number of nitrogens with one attached hydrogen (secondary N) is 1. The van der Waals surface area contributed by atoms with Crippen LogP contribution >= 0.6 is 0 Å². The van der Waals surface area contributed by atoms with E-state index in [9.17, 15) is 12.8 Å². The van der Waals surface area contributed by atoms with E-state index in [-0.39, 0.29) is 17.8 Å². The zero-order valence-electron chi connectivity index (χ0n) is 18.0. The normalized spacial score (nSPS) is 17.2. The van der Waals surface area contributed by atoms with Crippen molar-refractivity contribution in [2.45, 2.75) is 50.8 Å². The van der Waals surface area contributed by atoms with Gasteiger partial charge in [0.15, 0.2) is 11.6 Å². The Morgan fingerprint density at radius 1 is 1.16 bits per heavy atom. The number of hydrogen-bond donors (Lipinski definition) is 1. The fourth-order valence-electron chi connectivity index (χ4n) is 3.63. The maximum absolute atomic E-state index is 13.2. The molecular weight excluding hydrogens is 439 g/mol. The lowest BCUT2D eigenvalue weighted by Gasteiger charge is -2.26. The van der Waals surface area contributed by atoms with Gasteiger partial charge in [0.05, 0.1) is 17.6 Å². The Labute approximate surface area is 185 Å². The number of sulfonamides is 1. The SMILES string of the molecule is Cc1ccc(-c2nnc(NS(=O)(=O)C(C)C(C)c3ncc(F)cn3)n2C2CCOCC2)o1. The van der Waals surface area contributed by atoms with Gasteiger partial charge in [-0.15, -0.1) is 10.2 Å². The maximum atomic E-state index is 13.2. The van der Waals surface area contributed by atoms with Crippen molar-refractivity contribution >= 4 is 16.0 Å². The van der Waals surface area contributed by atoms with Crippen LogP contribution < -0.4 is 4.72 Å². The van der Waals surface area contributed by atoms with E-state index in [2.05, 4.69) is 24.9 Å². The molecule has 1 aliphatic rings. The number of halogens is 1. The van der Waals surface area contributed by atoms with E-state index in [4.69, 9.17) is 9.15 Å². The molecule has 172 valence electrons. The Morgan fingerprint density at radius 2 is 1.84 bits per heavy atom. The number of hydrogen-bond acceptors (Lipinski definition) is 8. The minimum atomic E-state index is -3.90. The zero-order chi connectivity index (χ0) is 22.9. The average Bonchev–Trinajstić information content (AvgIpc) is 3.39. The summed E-state index contributed by atoms with van der Waals surface area (Å²) in [5.74, 6) is 0.852. The van der Waals surface area contributed by atoms with Crippen molar-refractivity contribution in [1.82, 2.24) is 24.7 Å². The lowest BCUT2D eigenvalue weighted by molar-refractivity contribution is 0.0703. The van der Waals surface area contributed by atoms with Gasteiger partial charge in [-0.05, 0) is 38.8 Å². The van der Waals surface area contributed by atoms with Crippen LogP contribution in [0.15, 0.2) is 28.9 Å². The highest BCUT2D eigenvalue weighted by Crippen LogP contribution is 2.32. The van der Waals surface area contributed by atoms with Gasteiger partial charge in [0.25, 0.3) is 0 Å². The summed E-state index contributed by atoms with van der Waals surface area (Å²) < 4.78 is 55.1. The summed E-state index contributed by atoms with van der Waals surface area (Å²) in [4.78, 5) is 7.84. The Bertz CT molecular complexity index is 1170. The van der Waals surface area contributed by atoms with Crippen LogP contribution in [0.2, 0.25) is 0 Å². The number of anilines is 1. The molecule has 0 spiro atoms. The highest BCUT2D eigenvalue weighted by molar-refractivity contribution is 7.93. The van der Waals surface area contributed by atoms with Crippen molar-refractivity contribution in [2.75, 3.05) is 17.9 Å². The highest BCUT2D eigenvalue weighted by atomic mass is 32.2. The van der Waals surface area contributed by atoms with E-state index < -0.39 is 27.0 Å². The number of aromatic nitrogens is 5. The second kappa shape index (κ2) is 8.94. The number of aryl methyl sites for hydroxylation is 1. The second-order valence-corrected chi connectivity index (χ2v) is 9.91. The molecule has 2 atom stereocenters. The van der Waals surface area contributed by atoms with Crippen molar-refractivity contribution in [3.05, 3.63) is 41.9 Å². The summed E-state index contributed by atoms with van der Waals surface area (Å²) in [7, 11) is -3.90. The standard InChI is InChI=1S/C20H25FN6O4S/c1-12-4-5-17(31-12)19-24-25-20(27(19)16-6-8-30-9-7-16)26-32(28,29)14(3)13(2)18-22-10-15(21)11-23-18/h4-5,10-11,13-14,16H,6-9H2,1-3H3,(H,25,26).